The van der Waals surface area contributed by atoms with E-state index in [9.17, 15) is 43.2 Å². The predicted octanol–water partition coefficient (Wildman–Crippen LogP) is -13.2. The number of amides is 9. The van der Waals surface area contributed by atoms with Crippen molar-refractivity contribution in [1.82, 2.24) is 47.9 Å². The van der Waals surface area contributed by atoms with Gasteiger partial charge in [-0.3, -0.25) is 88.1 Å². The summed E-state index contributed by atoms with van der Waals surface area (Å²) in [6, 6.07) is -13.9. The Hall–Kier alpha value is -11.3. The van der Waals surface area contributed by atoms with Gasteiger partial charge in [-0.15, -0.1) is 0 Å². The van der Waals surface area contributed by atoms with Gasteiger partial charge in [0.2, 0.25) is 53.2 Å². The zero-order chi connectivity index (χ0) is 74.4. The van der Waals surface area contributed by atoms with Crippen molar-refractivity contribution in [3.63, 3.8) is 0 Å². The smallest absolute Gasteiger partial charge is 0.243 e. The van der Waals surface area contributed by atoms with Gasteiger partial charge in [0.15, 0.2) is 53.6 Å². The Kier molecular flexibility index (Phi) is 41.9. The van der Waals surface area contributed by atoms with Crippen molar-refractivity contribution >= 4 is 107 Å². The number of nitrogens with zero attached hydrogens (tertiary/aromatic N) is 9. The summed E-state index contributed by atoms with van der Waals surface area (Å²) >= 11 is 0. The monoisotopic (exact) mass is 1400 g/mol. The maximum Gasteiger partial charge on any atom is 0.243 e. The second-order valence-electron chi connectivity index (χ2n) is 22.6. The van der Waals surface area contributed by atoms with E-state index in [1.54, 1.807) is 0 Å². The zero-order valence-electron chi connectivity index (χ0n) is 55.9. The lowest BCUT2D eigenvalue weighted by atomic mass is 10.0. The van der Waals surface area contributed by atoms with Gasteiger partial charge in [0, 0.05) is 58.9 Å². The van der Waals surface area contributed by atoms with Crippen LogP contribution in [0.4, 0.5) is 0 Å². The predicted molar refractivity (Wildman–Crippen MR) is 377 cm³/mol. The lowest BCUT2D eigenvalue weighted by Gasteiger charge is -2.28. The Balaban J connectivity index is 4.66. The first-order chi connectivity index (χ1) is 46.8. The van der Waals surface area contributed by atoms with Crippen molar-refractivity contribution in [3.8, 4) is 0 Å². The largest absolute Gasteiger partial charge is 0.370 e. The van der Waals surface area contributed by atoms with Gasteiger partial charge in [-0.25, -0.2) is 0 Å². The molecule has 1 saturated heterocycles. The highest BCUT2D eigenvalue weighted by molar-refractivity contribution is 5.99. The summed E-state index contributed by atoms with van der Waals surface area (Å²) in [5.41, 5.74) is 101. The van der Waals surface area contributed by atoms with E-state index in [4.69, 9.17) is 103 Å². The number of nitrogens with one attached hydrogen (secondary N) is 9. The molecule has 1 aliphatic rings. The molecule has 0 aromatic rings. The second kappa shape index (κ2) is 48.4. The molecule has 1 fully saturated rings. The van der Waals surface area contributed by atoms with Crippen molar-refractivity contribution in [1.29, 1.82) is 0 Å². The molecule has 1 heterocycles. The number of aliphatic imine (C=N–C) groups is 9. The van der Waals surface area contributed by atoms with Crippen LogP contribution in [0.25, 0.3) is 0 Å². The quantitative estimate of drug-likeness (QED) is 0.0157. The summed E-state index contributed by atoms with van der Waals surface area (Å²) in [4.78, 5) is 169. The number of rotatable bonds is 36. The van der Waals surface area contributed by atoms with Crippen LogP contribution < -0.4 is 151 Å². The first kappa shape index (κ1) is 85.7. The third kappa shape index (κ3) is 40.6. The Bertz CT molecular complexity index is 2260. The summed E-state index contributed by atoms with van der Waals surface area (Å²) in [5, 5.41) is 24.0. The van der Waals surface area contributed by atoms with Crippen LogP contribution in [0.5, 0.6) is 0 Å². The van der Waals surface area contributed by atoms with Crippen molar-refractivity contribution in [3.05, 3.63) is 0 Å². The summed E-state index contributed by atoms with van der Waals surface area (Å²) in [6.45, 7) is -0.527. The first-order valence-electron chi connectivity index (χ1n) is 32.0. The molecule has 0 saturated carbocycles. The third-order valence-corrected chi connectivity index (χ3v) is 14.2. The van der Waals surface area contributed by atoms with Gasteiger partial charge in [-0.2, -0.15) is 0 Å². The van der Waals surface area contributed by atoms with Crippen LogP contribution in [-0.4, -0.2) is 220 Å². The minimum absolute atomic E-state index is 0.0348. The highest BCUT2D eigenvalue weighted by Gasteiger charge is 2.36. The molecule has 9 atom stereocenters. The topological polar surface area (TPSA) is 841 Å². The minimum Gasteiger partial charge on any atom is -0.370 e. The maximum absolute atomic E-state index is 14.8. The lowest BCUT2D eigenvalue weighted by Crippen LogP contribution is -2.60. The molecule has 0 radical (unpaired) electrons. The van der Waals surface area contributed by atoms with E-state index in [1.165, 1.54) is 0 Å². The molecule has 1 rings (SSSR count). The van der Waals surface area contributed by atoms with E-state index >= 15 is 0 Å². The van der Waals surface area contributed by atoms with Crippen molar-refractivity contribution in [2.24, 2.45) is 148 Å². The average molecular weight is 1410 g/mol. The van der Waals surface area contributed by atoms with Crippen LogP contribution in [0.2, 0.25) is 0 Å². The summed E-state index contributed by atoms with van der Waals surface area (Å²) < 4.78 is 0. The molecule has 45 heteroatoms. The van der Waals surface area contributed by atoms with E-state index in [0.29, 0.717) is 0 Å². The van der Waals surface area contributed by atoms with Crippen LogP contribution in [0, 0.1) is 0 Å². The Morgan fingerprint density at radius 3 is 0.333 bits per heavy atom. The van der Waals surface area contributed by atoms with Crippen LogP contribution in [0.1, 0.15) is 116 Å². The molecule has 0 unspecified atom stereocenters. The van der Waals surface area contributed by atoms with Gasteiger partial charge in [-0.1, -0.05) is 0 Å². The molecular weight excluding hydrogens is 1300 g/mol. The van der Waals surface area contributed by atoms with Crippen LogP contribution >= 0.6 is 0 Å². The van der Waals surface area contributed by atoms with E-state index in [2.05, 4.69) is 92.8 Å². The summed E-state index contributed by atoms with van der Waals surface area (Å²) in [6.07, 6.45) is -1.54. The highest BCUT2D eigenvalue weighted by Crippen LogP contribution is 2.13. The molecule has 99 heavy (non-hydrogen) atoms. The minimum atomic E-state index is -1.54. The van der Waals surface area contributed by atoms with Crippen molar-refractivity contribution < 1.29 is 43.2 Å². The van der Waals surface area contributed by atoms with Crippen LogP contribution in [0.3, 0.4) is 0 Å². The molecule has 0 bridgehead atoms. The van der Waals surface area contributed by atoms with Gasteiger partial charge >= 0.3 is 0 Å². The number of guanidine groups is 9. The van der Waals surface area contributed by atoms with Crippen LogP contribution in [0.15, 0.2) is 44.9 Å². The molecule has 558 valence electrons. The highest BCUT2D eigenvalue weighted by atomic mass is 16.2. The molecule has 0 spiro atoms. The number of carbonyl (C=O) groups is 9. The van der Waals surface area contributed by atoms with Gasteiger partial charge in [0.25, 0.3) is 0 Å². The maximum atomic E-state index is 14.8. The number of hydrogen-bond acceptors (Lipinski definition) is 18. The standard InChI is InChI=1S/C54H108N36O9/c55-46(56)73-19-1-10-28-37(91)83-30(12-3-21-75-48(59)60)39(93)85-32(14-5-23-77-50(63)64)41(95)87-34(16-7-25-79-52(67)68)43(97)89-36(18-9-27-81-54(71)72)45(99)90-35(17-8-26-80-53(69)70)44(98)88-33(15-6-24-78-51(65)66)42(96)86-31(13-4-22-76-49(61)62)40(94)84-29(38(92)82-28)11-2-20-74-47(57)58/h28-36H,1-27H2,(H,82,92)(H,83,91)(H,84,94)(H,85,93)(H,86,96)(H,87,95)(H,88,98)(H,89,97)(H,90,99)(H4,55,56,73)(H4,57,58,74)(H4,59,60,75)(H4,61,62,76)(H4,63,64,77)(H4,65,66,78)(H4,67,68,79)(H4,69,70,80)(H4,71,72,81)/t28-,29-,30-,31-,32-,33-,34-,35-,36-/m0/s1. The normalized spacial score (nSPS) is 20.7. The molecular formula is C54H108N36O9. The van der Waals surface area contributed by atoms with Gasteiger partial charge in [-0.05, 0) is 116 Å². The number of carbonyl (C=O) groups excluding carboxylic acids is 9. The molecule has 45 N–H and O–H groups in total. The fourth-order valence-electron chi connectivity index (χ4n) is 9.40. The SMILES string of the molecule is NC(N)=NCCC[C@@H]1NC(=O)[C@H](CCCN=C(N)N)NC(=O)[C@H](CCCN=C(N)N)NC(=O)[C@H](CCCN=C(N)N)NC(=O)[C@H](CCCN=C(N)N)NC(=O)[C@H](CCCN=C(N)N)NC(=O)[C@H](CCCN=C(N)N)NC(=O)[C@H](CCCN=C(N)N)NC(=O)[C@H](CCCN=C(N)N)NC1=O. The van der Waals surface area contributed by atoms with E-state index in [1.807, 2.05) is 0 Å². The summed E-state index contributed by atoms with van der Waals surface area (Å²) in [7, 11) is 0. The molecule has 0 aliphatic carbocycles. The Labute approximate surface area is 573 Å². The van der Waals surface area contributed by atoms with Gasteiger partial charge in [0.05, 0.1) is 0 Å². The van der Waals surface area contributed by atoms with Gasteiger partial charge < -0.3 is 151 Å². The van der Waals surface area contributed by atoms with Crippen LogP contribution in [-0.2, 0) is 43.2 Å². The first-order valence-corrected chi connectivity index (χ1v) is 32.0. The van der Waals surface area contributed by atoms with Gasteiger partial charge in [0.1, 0.15) is 54.4 Å². The second-order valence-corrected chi connectivity index (χ2v) is 22.6. The fraction of sp³-hybridized carbons (Fsp3) is 0.667. The average Bonchev–Trinajstić information content (AvgIpc) is 0.970. The number of hydrogen-bond donors (Lipinski definition) is 27. The summed E-state index contributed by atoms with van der Waals surface area (Å²) in [5.74, 6) is -11.3. The zero-order valence-corrected chi connectivity index (χ0v) is 55.9. The van der Waals surface area contributed by atoms with Crippen molar-refractivity contribution in [2.45, 2.75) is 170 Å². The molecule has 1 aliphatic heterocycles. The number of nitrogens with two attached hydrogens (primary N) is 18. The Morgan fingerprint density at radius 2 is 0.263 bits per heavy atom. The molecule has 9 amide bonds. The van der Waals surface area contributed by atoms with Crippen molar-refractivity contribution in [2.75, 3.05) is 58.9 Å². The Morgan fingerprint density at radius 1 is 0.182 bits per heavy atom. The van der Waals surface area contributed by atoms with E-state index in [-0.39, 0.29) is 228 Å². The molecule has 0 aromatic heterocycles. The van der Waals surface area contributed by atoms with E-state index in [0.717, 1.165) is 0 Å². The fourth-order valence-corrected chi connectivity index (χ4v) is 9.40. The third-order valence-electron chi connectivity index (χ3n) is 14.2. The molecule has 0 aromatic carbocycles. The lowest BCUT2D eigenvalue weighted by molar-refractivity contribution is -0.136. The van der Waals surface area contributed by atoms with E-state index < -0.39 is 108 Å². The molecule has 45 nitrogen and oxygen atoms in total.